The van der Waals surface area contributed by atoms with Gasteiger partial charge in [-0.15, -0.1) is 0 Å². The summed E-state index contributed by atoms with van der Waals surface area (Å²) in [4.78, 5) is 0. The number of nitrogens with zero attached hydrogens (tertiary/aromatic N) is 1. The molecule has 0 radical (unpaired) electrons. The molecule has 4 heteroatoms. The molecule has 0 fully saturated rings. The van der Waals surface area contributed by atoms with Crippen molar-refractivity contribution in [2.45, 2.75) is 0 Å². The van der Waals surface area contributed by atoms with E-state index in [1.165, 1.54) is 0 Å². The van der Waals surface area contributed by atoms with Gasteiger partial charge in [-0.25, -0.2) is 0 Å². The maximum absolute atomic E-state index is 5.43. The van der Waals surface area contributed by atoms with Gasteiger partial charge in [0.05, 0.1) is 17.3 Å². The van der Waals surface area contributed by atoms with Crippen molar-refractivity contribution in [3.63, 3.8) is 0 Å². The summed E-state index contributed by atoms with van der Waals surface area (Å²) in [5.74, 6) is 0.852. The van der Waals surface area contributed by atoms with Gasteiger partial charge in [0.15, 0.2) is 0 Å². The van der Waals surface area contributed by atoms with Gasteiger partial charge in [-0.2, -0.15) is 0 Å². The molecule has 0 unspecified atom stereocenters. The second-order valence-electron chi connectivity index (χ2n) is 3.47. The molecule has 0 aliphatic heterocycles. The molecule has 1 heterocycles. The van der Waals surface area contributed by atoms with Crippen LogP contribution in [0, 0.1) is 0 Å². The third kappa shape index (κ3) is 2.04. The van der Waals surface area contributed by atoms with Crippen molar-refractivity contribution < 1.29 is 4.74 Å². The maximum atomic E-state index is 5.43. The van der Waals surface area contributed by atoms with Gasteiger partial charge in [0.2, 0.25) is 0 Å². The van der Waals surface area contributed by atoms with E-state index in [0.717, 1.165) is 26.0 Å². The van der Waals surface area contributed by atoms with Gasteiger partial charge in [0.1, 0.15) is 5.75 Å². The molecule has 0 saturated heterocycles. The van der Waals surface area contributed by atoms with Gasteiger partial charge in [-0.1, -0.05) is 15.9 Å². The highest BCUT2D eigenvalue weighted by atomic mass is 79.9. The van der Waals surface area contributed by atoms with Crippen LogP contribution in [0.3, 0.4) is 0 Å². The lowest BCUT2D eigenvalue weighted by atomic mass is 10.1. The molecule has 1 aromatic carbocycles. The average molecular weight is 345 g/mol. The number of rotatable bonds is 2. The molecule has 0 spiro atoms. The molecular weight excluding hydrogens is 334 g/mol. The highest BCUT2D eigenvalue weighted by Crippen LogP contribution is 2.38. The predicted octanol–water partition coefficient (Wildman–Crippen LogP) is 4.23. The lowest BCUT2D eigenvalue weighted by Gasteiger charge is -2.12. The average Bonchev–Trinajstić information content (AvgIpc) is 2.63. The normalized spacial score (nSPS) is 10.5. The molecule has 0 bridgehead atoms. The Morgan fingerprint density at radius 3 is 2.56 bits per heavy atom. The molecule has 0 aliphatic carbocycles. The van der Waals surface area contributed by atoms with Crippen molar-refractivity contribution in [2.75, 3.05) is 7.11 Å². The number of halogens is 2. The van der Waals surface area contributed by atoms with Gasteiger partial charge in [0.25, 0.3) is 0 Å². The summed E-state index contributed by atoms with van der Waals surface area (Å²) in [5.41, 5.74) is 2.19. The highest BCUT2D eigenvalue weighted by molar-refractivity contribution is 9.11. The predicted molar refractivity (Wildman–Crippen MR) is 72.8 cm³/mol. The van der Waals surface area contributed by atoms with Crippen LogP contribution in [0.25, 0.3) is 11.3 Å². The Morgan fingerprint density at radius 2 is 2.00 bits per heavy atom. The second kappa shape index (κ2) is 4.63. The van der Waals surface area contributed by atoms with Gasteiger partial charge in [0, 0.05) is 23.3 Å². The topological polar surface area (TPSA) is 14.2 Å². The first-order valence-electron chi connectivity index (χ1n) is 4.78. The molecule has 0 saturated carbocycles. The minimum absolute atomic E-state index is 0.852. The van der Waals surface area contributed by atoms with Crippen LogP contribution in [0.15, 0.2) is 39.4 Å². The van der Waals surface area contributed by atoms with E-state index in [4.69, 9.17) is 4.74 Å². The fraction of sp³-hybridized carbons (Fsp3) is 0.167. The Labute approximate surface area is 111 Å². The third-order valence-electron chi connectivity index (χ3n) is 2.43. The van der Waals surface area contributed by atoms with E-state index < -0.39 is 0 Å². The van der Waals surface area contributed by atoms with Crippen molar-refractivity contribution >= 4 is 31.9 Å². The molecule has 0 atom stereocenters. The summed E-state index contributed by atoms with van der Waals surface area (Å²) in [6.45, 7) is 0. The third-order valence-corrected chi connectivity index (χ3v) is 3.48. The van der Waals surface area contributed by atoms with Crippen LogP contribution in [0.4, 0.5) is 0 Å². The van der Waals surface area contributed by atoms with Gasteiger partial charge >= 0.3 is 0 Å². The van der Waals surface area contributed by atoms with Crippen LogP contribution in [0.2, 0.25) is 0 Å². The molecule has 2 nitrogen and oxygen atoms in total. The number of methoxy groups -OCH3 is 1. The summed E-state index contributed by atoms with van der Waals surface area (Å²) < 4.78 is 9.46. The van der Waals surface area contributed by atoms with Crippen LogP contribution in [-0.4, -0.2) is 11.7 Å². The molecule has 2 aromatic rings. The number of aryl methyl sites for hydroxylation is 1. The quantitative estimate of drug-likeness (QED) is 0.795. The molecule has 1 aromatic heterocycles. The first kappa shape index (κ1) is 11.7. The van der Waals surface area contributed by atoms with Crippen molar-refractivity contribution in [3.8, 4) is 17.0 Å². The minimum atomic E-state index is 0.852. The smallest absolute Gasteiger partial charge is 0.142 e. The lowest BCUT2D eigenvalue weighted by Crippen LogP contribution is -1.94. The summed E-state index contributed by atoms with van der Waals surface area (Å²) in [6.07, 6.45) is 2.02. The highest BCUT2D eigenvalue weighted by Gasteiger charge is 2.12. The zero-order valence-electron chi connectivity index (χ0n) is 9.00. The van der Waals surface area contributed by atoms with E-state index in [-0.39, 0.29) is 0 Å². The number of hydrogen-bond acceptors (Lipinski definition) is 1. The first-order valence-corrected chi connectivity index (χ1v) is 6.37. The van der Waals surface area contributed by atoms with E-state index >= 15 is 0 Å². The van der Waals surface area contributed by atoms with E-state index in [1.54, 1.807) is 7.11 Å². The van der Waals surface area contributed by atoms with Crippen molar-refractivity contribution in [1.29, 1.82) is 0 Å². The van der Waals surface area contributed by atoms with Crippen LogP contribution in [-0.2, 0) is 7.05 Å². The number of ether oxygens (including phenoxy) is 1. The van der Waals surface area contributed by atoms with E-state index in [2.05, 4.69) is 48.6 Å². The Balaban J connectivity index is 2.68. The molecule has 84 valence electrons. The van der Waals surface area contributed by atoms with Gasteiger partial charge in [-0.05, 0) is 40.2 Å². The first-order chi connectivity index (χ1) is 7.63. The zero-order chi connectivity index (χ0) is 11.7. The molecular formula is C12H11Br2NO. The van der Waals surface area contributed by atoms with Crippen molar-refractivity contribution in [2.24, 2.45) is 7.05 Å². The molecule has 2 rings (SSSR count). The number of aromatic nitrogens is 1. The summed E-state index contributed by atoms with van der Waals surface area (Å²) in [7, 11) is 3.70. The maximum Gasteiger partial charge on any atom is 0.142 e. The molecule has 16 heavy (non-hydrogen) atoms. The summed E-state index contributed by atoms with van der Waals surface area (Å²) in [6, 6.07) is 8.12. The zero-order valence-corrected chi connectivity index (χ0v) is 12.2. The van der Waals surface area contributed by atoms with Crippen LogP contribution in [0.5, 0.6) is 5.75 Å². The fourth-order valence-corrected chi connectivity index (χ4v) is 3.09. The SMILES string of the molecule is COc1c(Br)cc(Br)cc1-c1cccn1C. The Morgan fingerprint density at radius 1 is 1.25 bits per heavy atom. The van der Waals surface area contributed by atoms with Gasteiger partial charge in [-0.3, -0.25) is 0 Å². The fourth-order valence-electron chi connectivity index (χ4n) is 1.70. The minimum Gasteiger partial charge on any atom is -0.495 e. The van der Waals surface area contributed by atoms with Crippen molar-refractivity contribution in [3.05, 3.63) is 39.4 Å². The van der Waals surface area contributed by atoms with Gasteiger partial charge < -0.3 is 9.30 Å². The van der Waals surface area contributed by atoms with Crippen LogP contribution < -0.4 is 4.74 Å². The second-order valence-corrected chi connectivity index (χ2v) is 5.24. The molecule has 0 N–H and O–H groups in total. The summed E-state index contributed by atoms with van der Waals surface area (Å²) in [5, 5.41) is 0. The molecule has 0 amide bonds. The number of hydrogen-bond donors (Lipinski definition) is 0. The number of benzene rings is 1. The van der Waals surface area contributed by atoms with Crippen LogP contribution >= 0.6 is 31.9 Å². The standard InChI is InChI=1S/C12H11Br2NO/c1-15-5-3-4-11(15)9-6-8(13)7-10(14)12(9)16-2/h3-7H,1-2H3. The Bertz CT molecular complexity index is 520. The van der Waals surface area contributed by atoms with E-state index in [9.17, 15) is 0 Å². The largest absolute Gasteiger partial charge is 0.495 e. The summed E-state index contributed by atoms with van der Waals surface area (Å²) >= 11 is 7.00. The Kier molecular flexibility index (Phi) is 3.40. The van der Waals surface area contributed by atoms with Crippen molar-refractivity contribution in [1.82, 2.24) is 4.57 Å². The van der Waals surface area contributed by atoms with E-state index in [1.807, 2.05) is 25.4 Å². The van der Waals surface area contributed by atoms with Crippen LogP contribution in [0.1, 0.15) is 0 Å². The van der Waals surface area contributed by atoms with E-state index in [0.29, 0.717) is 0 Å². The lowest BCUT2D eigenvalue weighted by molar-refractivity contribution is 0.413. The Hall–Kier alpha value is -0.740. The monoisotopic (exact) mass is 343 g/mol. The molecule has 0 aliphatic rings.